The van der Waals surface area contributed by atoms with Crippen molar-refractivity contribution in [3.63, 3.8) is 0 Å². The summed E-state index contributed by atoms with van der Waals surface area (Å²) in [5, 5.41) is 2.71. The summed E-state index contributed by atoms with van der Waals surface area (Å²) in [5.41, 5.74) is 2.68. The third kappa shape index (κ3) is 2.18. The molecular formula is C17H18BrN. The zero-order chi connectivity index (χ0) is 13.2. The lowest BCUT2D eigenvalue weighted by Crippen LogP contribution is -1.97. The van der Waals surface area contributed by atoms with Crippen LogP contribution in [0.2, 0.25) is 0 Å². The summed E-state index contributed by atoms with van der Waals surface area (Å²) in [6.07, 6.45) is 3.79. The fraction of sp³-hybridized carbons (Fsp3) is 0.294. The van der Waals surface area contributed by atoms with Crippen molar-refractivity contribution in [1.82, 2.24) is 4.57 Å². The van der Waals surface area contributed by atoms with Gasteiger partial charge in [-0.25, -0.2) is 0 Å². The summed E-state index contributed by atoms with van der Waals surface area (Å²) >= 11 is 3.71. The van der Waals surface area contributed by atoms with Crippen LogP contribution >= 0.6 is 15.9 Å². The van der Waals surface area contributed by atoms with Gasteiger partial charge in [0, 0.05) is 27.3 Å². The van der Waals surface area contributed by atoms with Crippen molar-refractivity contribution in [1.29, 1.82) is 0 Å². The lowest BCUT2D eigenvalue weighted by Gasteiger charge is -2.08. The van der Waals surface area contributed by atoms with Crippen LogP contribution in [-0.2, 0) is 6.54 Å². The van der Waals surface area contributed by atoms with Crippen LogP contribution in [0.15, 0.2) is 46.9 Å². The molecule has 0 unspecified atom stereocenters. The molecule has 0 aliphatic rings. The Balaban J connectivity index is 2.25. The summed E-state index contributed by atoms with van der Waals surface area (Å²) in [6, 6.07) is 15.2. The third-order valence-electron chi connectivity index (χ3n) is 3.73. The second-order valence-electron chi connectivity index (χ2n) is 5.01. The van der Waals surface area contributed by atoms with E-state index in [2.05, 4.69) is 69.9 Å². The van der Waals surface area contributed by atoms with Gasteiger partial charge in [0.25, 0.3) is 0 Å². The van der Waals surface area contributed by atoms with Gasteiger partial charge in [0.15, 0.2) is 0 Å². The molecule has 0 atom stereocenters. The number of hydrogen-bond acceptors (Lipinski definition) is 0. The molecule has 1 aromatic heterocycles. The lowest BCUT2D eigenvalue weighted by atomic mass is 10.2. The van der Waals surface area contributed by atoms with Gasteiger partial charge in [0.05, 0.1) is 5.52 Å². The fourth-order valence-electron chi connectivity index (χ4n) is 2.82. The normalized spacial score (nSPS) is 11.5. The molecule has 1 nitrogen and oxygen atoms in total. The highest BCUT2D eigenvalue weighted by Crippen LogP contribution is 2.33. The maximum atomic E-state index is 3.71. The Hall–Kier alpha value is -1.28. The Morgan fingerprint density at radius 2 is 1.74 bits per heavy atom. The first-order valence-electron chi connectivity index (χ1n) is 6.98. The SMILES string of the molecule is CCCCCn1c2ccccc2c2cccc(Br)c21. The predicted octanol–water partition coefficient (Wildman–Crippen LogP) is 5.75. The van der Waals surface area contributed by atoms with Crippen LogP contribution in [0.3, 0.4) is 0 Å². The Morgan fingerprint density at radius 1 is 0.947 bits per heavy atom. The topological polar surface area (TPSA) is 4.93 Å². The minimum atomic E-state index is 1.10. The first-order chi connectivity index (χ1) is 9.33. The summed E-state index contributed by atoms with van der Waals surface area (Å²) in [5.74, 6) is 0. The summed E-state index contributed by atoms with van der Waals surface area (Å²) in [6.45, 7) is 3.35. The van der Waals surface area contributed by atoms with Crippen molar-refractivity contribution in [3.8, 4) is 0 Å². The first-order valence-corrected chi connectivity index (χ1v) is 7.77. The molecule has 0 aliphatic heterocycles. The molecule has 0 amide bonds. The number of rotatable bonds is 4. The molecule has 0 radical (unpaired) electrons. The van der Waals surface area contributed by atoms with Crippen LogP contribution in [0.1, 0.15) is 26.2 Å². The van der Waals surface area contributed by atoms with E-state index < -0.39 is 0 Å². The van der Waals surface area contributed by atoms with Gasteiger partial charge >= 0.3 is 0 Å². The zero-order valence-electron chi connectivity index (χ0n) is 11.2. The molecule has 1 heterocycles. The highest BCUT2D eigenvalue weighted by atomic mass is 79.9. The van der Waals surface area contributed by atoms with Crippen LogP contribution in [0.25, 0.3) is 21.8 Å². The van der Waals surface area contributed by atoms with Crippen molar-refractivity contribution in [2.45, 2.75) is 32.7 Å². The lowest BCUT2D eigenvalue weighted by molar-refractivity contribution is 0.627. The van der Waals surface area contributed by atoms with E-state index >= 15 is 0 Å². The largest absolute Gasteiger partial charge is 0.340 e. The first kappa shape index (κ1) is 12.7. The number of benzene rings is 2. The van der Waals surface area contributed by atoms with E-state index in [4.69, 9.17) is 0 Å². The molecule has 98 valence electrons. The monoisotopic (exact) mass is 315 g/mol. The molecule has 2 aromatic carbocycles. The number of para-hydroxylation sites is 2. The maximum Gasteiger partial charge on any atom is 0.0635 e. The Bertz CT molecular complexity index is 712. The number of halogens is 1. The van der Waals surface area contributed by atoms with E-state index in [1.165, 1.54) is 45.5 Å². The van der Waals surface area contributed by atoms with E-state index in [9.17, 15) is 0 Å². The number of aryl methyl sites for hydroxylation is 1. The zero-order valence-corrected chi connectivity index (χ0v) is 12.8. The average molecular weight is 316 g/mol. The van der Waals surface area contributed by atoms with Gasteiger partial charge in [0.1, 0.15) is 0 Å². The van der Waals surface area contributed by atoms with E-state index in [0.717, 1.165) is 6.54 Å². The van der Waals surface area contributed by atoms with Gasteiger partial charge in [-0.3, -0.25) is 0 Å². The highest BCUT2D eigenvalue weighted by Gasteiger charge is 2.11. The Kier molecular flexibility index (Phi) is 3.61. The molecule has 0 fully saturated rings. The molecule has 0 N–H and O–H groups in total. The van der Waals surface area contributed by atoms with E-state index in [1.54, 1.807) is 0 Å². The quantitative estimate of drug-likeness (QED) is 0.540. The highest BCUT2D eigenvalue weighted by molar-refractivity contribution is 9.10. The minimum absolute atomic E-state index is 1.10. The smallest absolute Gasteiger partial charge is 0.0635 e. The van der Waals surface area contributed by atoms with Crippen molar-refractivity contribution >= 4 is 37.7 Å². The second-order valence-corrected chi connectivity index (χ2v) is 5.87. The van der Waals surface area contributed by atoms with Gasteiger partial charge in [-0.1, -0.05) is 50.1 Å². The summed E-state index contributed by atoms with van der Waals surface area (Å²) in [7, 11) is 0. The van der Waals surface area contributed by atoms with E-state index in [0.29, 0.717) is 0 Å². The molecule has 0 saturated heterocycles. The van der Waals surface area contributed by atoms with Crippen molar-refractivity contribution in [2.75, 3.05) is 0 Å². The van der Waals surface area contributed by atoms with E-state index in [1.807, 2.05) is 0 Å². The van der Waals surface area contributed by atoms with Gasteiger partial charge in [-0.15, -0.1) is 0 Å². The third-order valence-corrected chi connectivity index (χ3v) is 4.37. The van der Waals surface area contributed by atoms with Crippen molar-refractivity contribution in [2.24, 2.45) is 0 Å². The van der Waals surface area contributed by atoms with Crippen LogP contribution in [-0.4, -0.2) is 4.57 Å². The van der Waals surface area contributed by atoms with Gasteiger partial charge < -0.3 is 4.57 Å². The number of unbranched alkanes of at least 4 members (excludes halogenated alkanes) is 2. The van der Waals surface area contributed by atoms with Crippen LogP contribution in [0, 0.1) is 0 Å². The summed E-state index contributed by atoms with van der Waals surface area (Å²) in [4.78, 5) is 0. The predicted molar refractivity (Wildman–Crippen MR) is 86.7 cm³/mol. The number of nitrogens with zero attached hydrogens (tertiary/aromatic N) is 1. The number of hydrogen-bond donors (Lipinski definition) is 0. The molecule has 0 spiro atoms. The van der Waals surface area contributed by atoms with Crippen molar-refractivity contribution < 1.29 is 0 Å². The number of fused-ring (bicyclic) bond motifs is 3. The molecule has 3 aromatic rings. The number of aromatic nitrogens is 1. The van der Waals surface area contributed by atoms with Gasteiger partial charge in [0.2, 0.25) is 0 Å². The second kappa shape index (κ2) is 5.38. The molecule has 2 heteroatoms. The molecule has 0 saturated carbocycles. The Morgan fingerprint density at radius 3 is 2.58 bits per heavy atom. The van der Waals surface area contributed by atoms with Crippen LogP contribution in [0.5, 0.6) is 0 Å². The van der Waals surface area contributed by atoms with Gasteiger partial charge in [-0.2, -0.15) is 0 Å². The van der Waals surface area contributed by atoms with E-state index in [-0.39, 0.29) is 0 Å². The molecule has 3 rings (SSSR count). The average Bonchev–Trinajstić information content (AvgIpc) is 2.76. The van der Waals surface area contributed by atoms with Crippen LogP contribution < -0.4 is 0 Å². The molecule has 0 aliphatic carbocycles. The maximum absolute atomic E-state index is 3.71. The standard InChI is InChI=1S/C17H18BrN/c1-2-3-6-12-19-16-11-5-4-8-13(16)14-9-7-10-15(18)17(14)19/h4-5,7-11H,2-3,6,12H2,1H3. The van der Waals surface area contributed by atoms with Crippen LogP contribution in [0.4, 0.5) is 0 Å². The fourth-order valence-corrected chi connectivity index (χ4v) is 3.40. The molecular weight excluding hydrogens is 298 g/mol. The molecule has 0 bridgehead atoms. The van der Waals surface area contributed by atoms with Crippen molar-refractivity contribution in [3.05, 3.63) is 46.9 Å². The van der Waals surface area contributed by atoms with Gasteiger partial charge in [-0.05, 0) is 34.5 Å². The minimum Gasteiger partial charge on any atom is -0.340 e. The Labute approximate surface area is 122 Å². The summed E-state index contributed by atoms with van der Waals surface area (Å²) < 4.78 is 3.66. The molecule has 19 heavy (non-hydrogen) atoms.